The Labute approximate surface area is 87.4 Å². The van der Waals surface area contributed by atoms with Crippen LogP contribution in [-0.4, -0.2) is 36.9 Å². The van der Waals surface area contributed by atoms with Gasteiger partial charge in [-0.2, -0.15) is 0 Å². The molecular weight excluding hydrogens is 205 g/mol. The zero-order chi connectivity index (χ0) is 11.8. The van der Waals surface area contributed by atoms with E-state index in [1.54, 1.807) is 0 Å². The highest BCUT2D eigenvalue weighted by molar-refractivity contribution is 5.76. The summed E-state index contributed by atoms with van der Waals surface area (Å²) in [4.78, 5) is 21.7. The number of hydrogen-bond acceptors (Lipinski definition) is 4. The zero-order valence-electron chi connectivity index (χ0n) is 8.61. The van der Waals surface area contributed by atoms with Crippen LogP contribution in [0.5, 0.6) is 0 Å². The molecule has 0 aliphatic rings. The first-order valence-corrected chi connectivity index (χ1v) is 4.65. The molecule has 0 bridgehead atoms. The largest absolute Gasteiger partial charge is 0.480 e. The zero-order valence-corrected chi connectivity index (χ0v) is 8.61. The summed E-state index contributed by atoms with van der Waals surface area (Å²) in [5.41, 5.74) is 5.28. The van der Waals surface area contributed by atoms with E-state index in [1.807, 2.05) is 0 Å². The first kappa shape index (κ1) is 13.8. The summed E-state index contributed by atoms with van der Waals surface area (Å²) in [6.07, 6.45) is 0.429. The van der Waals surface area contributed by atoms with Crippen LogP contribution in [0.2, 0.25) is 0 Å². The normalized spacial score (nSPS) is 14.3. The average molecular weight is 221 g/mol. The van der Waals surface area contributed by atoms with Crippen LogP contribution in [0.25, 0.3) is 0 Å². The van der Waals surface area contributed by atoms with Gasteiger partial charge in [0.15, 0.2) is 0 Å². The van der Waals surface area contributed by atoms with E-state index < -0.39 is 30.6 Å². The third-order valence-electron chi connectivity index (χ3n) is 2.08. The molecule has 15 heavy (non-hydrogen) atoms. The van der Waals surface area contributed by atoms with Crippen molar-refractivity contribution in [1.29, 1.82) is 0 Å². The molecule has 3 N–H and O–H groups in total. The average Bonchev–Trinajstić information content (AvgIpc) is 2.22. The summed E-state index contributed by atoms with van der Waals surface area (Å²) in [5.74, 6) is -2.36. The molecule has 0 saturated carbocycles. The summed E-state index contributed by atoms with van der Waals surface area (Å²) in [5, 5.41) is 8.56. The molecule has 2 atom stereocenters. The van der Waals surface area contributed by atoms with Gasteiger partial charge in [0, 0.05) is 0 Å². The van der Waals surface area contributed by atoms with E-state index in [1.165, 1.54) is 7.11 Å². The number of carbonyl (C=O) groups is 2. The number of ether oxygens (including phenoxy) is 1. The fraction of sp³-hybridized carbons (Fsp3) is 0.778. The summed E-state index contributed by atoms with van der Waals surface area (Å²) >= 11 is 0. The van der Waals surface area contributed by atoms with Gasteiger partial charge in [0.05, 0.1) is 19.7 Å². The molecule has 0 aromatic rings. The van der Waals surface area contributed by atoms with Gasteiger partial charge in [-0.15, -0.1) is 0 Å². The lowest BCUT2D eigenvalue weighted by molar-refractivity contribution is -0.147. The minimum Gasteiger partial charge on any atom is -0.480 e. The molecule has 0 aromatic heterocycles. The van der Waals surface area contributed by atoms with Crippen molar-refractivity contribution in [2.24, 2.45) is 11.7 Å². The maximum Gasteiger partial charge on any atom is 0.320 e. The Kier molecular flexibility index (Phi) is 6.61. The van der Waals surface area contributed by atoms with E-state index in [0.717, 1.165) is 0 Å². The molecule has 0 fully saturated rings. The number of carboxylic acids is 1. The highest BCUT2D eigenvalue weighted by atomic mass is 19.1. The van der Waals surface area contributed by atoms with Gasteiger partial charge >= 0.3 is 11.9 Å². The van der Waals surface area contributed by atoms with Crippen LogP contribution in [0.4, 0.5) is 4.39 Å². The highest BCUT2D eigenvalue weighted by Crippen LogP contribution is 2.15. The third-order valence-corrected chi connectivity index (χ3v) is 2.08. The van der Waals surface area contributed by atoms with E-state index in [4.69, 9.17) is 10.8 Å². The van der Waals surface area contributed by atoms with Gasteiger partial charge in [-0.05, 0) is 19.3 Å². The lowest BCUT2D eigenvalue weighted by atomic mass is 9.95. The molecule has 0 aromatic carbocycles. The molecule has 6 heteroatoms. The van der Waals surface area contributed by atoms with Crippen LogP contribution >= 0.6 is 0 Å². The fourth-order valence-electron chi connectivity index (χ4n) is 1.23. The second kappa shape index (κ2) is 7.17. The van der Waals surface area contributed by atoms with Crippen molar-refractivity contribution in [3.05, 3.63) is 0 Å². The van der Waals surface area contributed by atoms with Gasteiger partial charge in [0.2, 0.25) is 0 Å². The molecule has 0 aliphatic heterocycles. The number of aliphatic carboxylic acids is 1. The van der Waals surface area contributed by atoms with Gasteiger partial charge < -0.3 is 15.6 Å². The van der Waals surface area contributed by atoms with Crippen molar-refractivity contribution in [2.45, 2.75) is 25.3 Å². The number of carbonyl (C=O) groups excluding carboxylic acids is 1. The Balaban J connectivity index is 4.23. The molecule has 5 nitrogen and oxygen atoms in total. The third kappa shape index (κ3) is 5.31. The fourth-order valence-corrected chi connectivity index (χ4v) is 1.23. The van der Waals surface area contributed by atoms with Gasteiger partial charge in [0.1, 0.15) is 6.04 Å². The Hall–Kier alpha value is -1.17. The van der Waals surface area contributed by atoms with E-state index in [9.17, 15) is 14.0 Å². The van der Waals surface area contributed by atoms with Gasteiger partial charge in [-0.1, -0.05) is 0 Å². The number of esters is 1. The van der Waals surface area contributed by atoms with E-state index in [2.05, 4.69) is 4.74 Å². The maximum atomic E-state index is 11.9. The molecule has 88 valence electrons. The SMILES string of the molecule is COC(=O)C(CCCF)CC(N)C(=O)O. The number of methoxy groups -OCH3 is 1. The van der Waals surface area contributed by atoms with Crippen molar-refractivity contribution in [2.75, 3.05) is 13.8 Å². The Morgan fingerprint density at radius 2 is 2.13 bits per heavy atom. The smallest absolute Gasteiger partial charge is 0.320 e. The van der Waals surface area contributed by atoms with E-state index in [-0.39, 0.29) is 19.3 Å². The molecule has 0 rings (SSSR count). The van der Waals surface area contributed by atoms with Crippen molar-refractivity contribution in [3.63, 3.8) is 0 Å². The van der Waals surface area contributed by atoms with Gasteiger partial charge in [0.25, 0.3) is 0 Å². The van der Waals surface area contributed by atoms with Crippen molar-refractivity contribution >= 4 is 11.9 Å². The minimum absolute atomic E-state index is 0.0258. The van der Waals surface area contributed by atoms with Gasteiger partial charge in [-0.25, -0.2) is 0 Å². The second-order valence-corrected chi connectivity index (χ2v) is 3.23. The number of halogens is 1. The van der Waals surface area contributed by atoms with Crippen LogP contribution in [0.1, 0.15) is 19.3 Å². The quantitative estimate of drug-likeness (QED) is 0.604. The molecule has 0 amide bonds. The number of rotatable bonds is 7. The molecule has 0 aliphatic carbocycles. The van der Waals surface area contributed by atoms with Crippen LogP contribution in [0.15, 0.2) is 0 Å². The summed E-state index contributed by atoms with van der Waals surface area (Å²) in [7, 11) is 1.21. The van der Waals surface area contributed by atoms with Crippen LogP contribution in [-0.2, 0) is 14.3 Å². The lowest BCUT2D eigenvalue weighted by Gasteiger charge is -2.15. The second-order valence-electron chi connectivity index (χ2n) is 3.23. The highest BCUT2D eigenvalue weighted by Gasteiger charge is 2.24. The van der Waals surface area contributed by atoms with Gasteiger partial charge in [-0.3, -0.25) is 14.0 Å². The van der Waals surface area contributed by atoms with Crippen molar-refractivity contribution in [1.82, 2.24) is 0 Å². The molecule has 0 saturated heterocycles. The first-order valence-electron chi connectivity index (χ1n) is 4.65. The topological polar surface area (TPSA) is 89.6 Å². The molecular formula is C9H16FNO4. The summed E-state index contributed by atoms with van der Waals surface area (Å²) in [6, 6.07) is -1.12. The van der Waals surface area contributed by atoms with E-state index in [0.29, 0.717) is 0 Å². The number of carboxylic acid groups (broad SMARTS) is 1. The monoisotopic (exact) mass is 221 g/mol. The molecule has 0 radical (unpaired) electrons. The molecule has 0 heterocycles. The number of nitrogens with two attached hydrogens (primary N) is 1. The van der Waals surface area contributed by atoms with Crippen molar-refractivity contribution in [3.8, 4) is 0 Å². The number of alkyl halides is 1. The van der Waals surface area contributed by atoms with E-state index >= 15 is 0 Å². The van der Waals surface area contributed by atoms with Crippen LogP contribution < -0.4 is 5.73 Å². The van der Waals surface area contributed by atoms with Crippen molar-refractivity contribution < 1.29 is 23.8 Å². The maximum absolute atomic E-state index is 11.9. The standard InChI is InChI=1S/C9H16FNO4/c1-15-9(14)6(3-2-4-10)5-7(11)8(12)13/h6-7H,2-5,11H2,1H3,(H,12,13). The minimum atomic E-state index is -1.18. The Bertz CT molecular complexity index is 222. The molecule has 2 unspecified atom stereocenters. The first-order chi connectivity index (χ1) is 7.02. The predicted molar refractivity (Wildman–Crippen MR) is 50.9 cm³/mol. The Morgan fingerprint density at radius 3 is 2.53 bits per heavy atom. The summed E-state index contributed by atoms with van der Waals surface area (Å²) < 4.78 is 16.4. The Morgan fingerprint density at radius 1 is 1.53 bits per heavy atom. The molecule has 0 spiro atoms. The van der Waals surface area contributed by atoms with Crippen LogP contribution in [0, 0.1) is 5.92 Å². The predicted octanol–water partition coefficient (Wildman–Crippen LogP) is 0.327. The number of hydrogen-bond donors (Lipinski definition) is 2. The lowest BCUT2D eigenvalue weighted by Crippen LogP contribution is -2.34. The summed E-state index contributed by atoms with van der Waals surface area (Å²) in [6.45, 7) is -0.546. The van der Waals surface area contributed by atoms with Crippen LogP contribution in [0.3, 0.4) is 0 Å².